The number of fused-ring (bicyclic) bond motifs is 5. The van der Waals surface area contributed by atoms with Crippen LogP contribution in [-0.2, 0) is 32.7 Å². The second kappa shape index (κ2) is 8.24. The van der Waals surface area contributed by atoms with Crippen LogP contribution < -0.4 is 9.32 Å². The molecule has 1 aromatic carbocycles. The van der Waals surface area contributed by atoms with Gasteiger partial charge in [-0.1, -0.05) is 25.5 Å². The van der Waals surface area contributed by atoms with Crippen molar-refractivity contribution in [2.45, 2.75) is 71.6 Å². The molecule has 31 heavy (non-hydrogen) atoms. The Morgan fingerprint density at radius 2 is 2.00 bits per heavy atom. The van der Waals surface area contributed by atoms with Crippen LogP contribution in [0.2, 0.25) is 0 Å². The number of carbonyl (C=O) groups excluding carboxylic acids is 1. The molecule has 7 heteroatoms. The molecule has 2 saturated carbocycles. The van der Waals surface area contributed by atoms with Crippen LogP contribution in [0.1, 0.15) is 75.5 Å². The normalized spacial score (nSPS) is 31.0. The summed E-state index contributed by atoms with van der Waals surface area (Å²) in [5.74, 6) is 1.76. The van der Waals surface area contributed by atoms with Crippen LogP contribution in [0, 0.1) is 17.3 Å². The molecule has 170 valence electrons. The molecule has 6 nitrogen and oxygen atoms in total. The lowest BCUT2D eigenvalue weighted by molar-refractivity contribution is -0.137. The van der Waals surface area contributed by atoms with Crippen molar-refractivity contribution in [3.8, 4) is 5.75 Å². The van der Waals surface area contributed by atoms with E-state index in [-0.39, 0.29) is 11.4 Å². The lowest BCUT2D eigenvalue weighted by Crippen LogP contribution is -2.40. The number of allylic oxidation sites excluding steroid dienone is 1. The number of hydrogen-bond acceptors (Lipinski definition) is 5. The number of esters is 1. The fraction of sp³-hybridized carbons (Fsp3) is 0.625. The van der Waals surface area contributed by atoms with Crippen molar-refractivity contribution in [3.05, 3.63) is 40.5 Å². The van der Waals surface area contributed by atoms with E-state index >= 15 is 0 Å². The maximum Gasteiger partial charge on any atom is 0.380 e. The Kier molecular flexibility index (Phi) is 5.94. The van der Waals surface area contributed by atoms with Crippen LogP contribution in [-0.4, -0.2) is 21.0 Å². The predicted octanol–water partition coefficient (Wildman–Crippen LogP) is 4.18. The fourth-order valence-electron chi connectivity index (χ4n) is 6.54. The molecule has 0 heterocycles. The molecule has 0 saturated heterocycles. The second-order valence-electron chi connectivity index (χ2n) is 9.42. The highest BCUT2D eigenvalue weighted by atomic mass is 32.2. The number of benzene rings is 1. The first-order chi connectivity index (χ1) is 14.7. The summed E-state index contributed by atoms with van der Waals surface area (Å²) in [6, 6.07) is 4.04. The van der Waals surface area contributed by atoms with Gasteiger partial charge >= 0.3 is 16.3 Å². The van der Waals surface area contributed by atoms with Crippen molar-refractivity contribution < 1.29 is 22.1 Å². The number of carbonyl (C=O) groups is 1. The Balaban J connectivity index is 1.64. The SMILES string of the molecule is CCOC(=O)/C=C1\CCC2C3CCc4cc(OS(N)(=O)=O)c(CC)cc4C3CC[C@]12C. The number of ether oxygens (including phenoxy) is 1. The third-order valence-electron chi connectivity index (χ3n) is 7.92. The predicted molar refractivity (Wildman–Crippen MR) is 119 cm³/mol. The summed E-state index contributed by atoms with van der Waals surface area (Å²) >= 11 is 0. The van der Waals surface area contributed by atoms with Crippen LogP contribution in [0.5, 0.6) is 5.75 Å². The first-order valence-electron chi connectivity index (χ1n) is 11.4. The summed E-state index contributed by atoms with van der Waals surface area (Å²) in [5, 5.41) is 5.12. The molecule has 0 amide bonds. The topological polar surface area (TPSA) is 95.7 Å². The van der Waals surface area contributed by atoms with Crippen molar-refractivity contribution in [2.75, 3.05) is 6.61 Å². The van der Waals surface area contributed by atoms with Crippen LogP contribution in [0.4, 0.5) is 0 Å². The third kappa shape index (κ3) is 4.14. The average Bonchev–Trinajstić information content (AvgIpc) is 3.02. The highest BCUT2D eigenvalue weighted by molar-refractivity contribution is 7.84. The number of rotatable bonds is 5. The molecule has 1 aromatic rings. The van der Waals surface area contributed by atoms with Crippen molar-refractivity contribution >= 4 is 16.3 Å². The molecule has 0 aliphatic heterocycles. The van der Waals surface area contributed by atoms with Crippen LogP contribution in [0.15, 0.2) is 23.8 Å². The van der Waals surface area contributed by atoms with Gasteiger partial charge in [0.15, 0.2) is 0 Å². The summed E-state index contributed by atoms with van der Waals surface area (Å²) in [6.07, 6.45) is 8.64. The van der Waals surface area contributed by atoms with E-state index in [1.54, 1.807) is 6.08 Å². The molecule has 0 spiro atoms. The molecule has 0 radical (unpaired) electrons. The van der Waals surface area contributed by atoms with Gasteiger partial charge in [-0.2, -0.15) is 13.6 Å². The standard InChI is InChI=1S/C24H33NO5S/c1-4-15-12-20-16(13-22(15)30-31(25,27)28)6-8-19-18(20)10-11-24(3)17(7-9-21(19)24)14-23(26)29-5-2/h12-14,18-19,21H,4-11H2,1-3H3,(H2,25,27,28)/b17-14+/t18?,19?,21?,24-/m1/s1. The maximum absolute atomic E-state index is 12.1. The minimum atomic E-state index is -4.04. The highest BCUT2D eigenvalue weighted by Crippen LogP contribution is 2.63. The molecule has 4 rings (SSSR count). The molecule has 3 aliphatic carbocycles. The van der Waals surface area contributed by atoms with Gasteiger partial charge in [0.2, 0.25) is 0 Å². The van der Waals surface area contributed by atoms with E-state index in [1.165, 1.54) is 16.7 Å². The molecule has 4 atom stereocenters. The Labute approximate surface area is 185 Å². The van der Waals surface area contributed by atoms with E-state index < -0.39 is 10.3 Å². The van der Waals surface area contributed by atoms with Crippen LogP contribution >= 0.6 is 0 Å². The molecule has 0 bridgehead atoms. The smallest absolute Gasteiger partial charge is 0.380 e. The molecule has 2 fully saturated rings. The van der Waals surface area contributed by atoms with Gasteiger partial charge in [0, 0.05) is 6.08 Å². The summed E-state index contributed by atoms with van der Waals surface area (Å²) in [4.78, 5) is 12.1. The molecule has 2 N–H and O–H groups in total. The van der Waals surface area contributed by atoms with Crippen molar-refractivity contribution in [1.29, 1.82) is 0 Å². The van der Waals surface area contributed by atoms with Crippen LogP contribution in [0.3, 0.4) is 0 Å². The average molecular weight is 448 g/mol. The summed E-state index contributed by atoms with van der Waals surface area (Å²) in [6.45, 7) is 6.58. The Hall–Kier alpha value is -1.86. The fourth-order valence-corrected chi connectivity index (χ4v) is 6.94. The van der Waals surface area contributed by atoms with Crippen molar-refractivity contribution in [1.82, 2.24) is 0 Å². The molecular weight excluding hydrogens is 414 g/mol. The Morgan fingerprint density at radius 1 is 1.23 bits per heavy atom. The van der Waals surface area contributed by atoms with E-state index in [2.05, 4.69) is 13.0 Å². The monoisotopic (exact) mass is 447 g/mol. The largest absolute Gasteiger partial charge is 0.463 e. The molecule has 3 aliphatic rings. The van der Waals surface area contributed by atoms with Crippen molar-refractivity contribution in [3.63, 3.8) is 0 Å². The van der Waals surface area contributed by atoms with Gasteiger partial charge in [-0.25, -0.2) is 4.79 Å². The third-order valence-corrected chi connectivity index (χ3v) is 8.33. The minimum Gasteiger partial charge on any atom is -0.463 e. The highest BCUT2D eigenvalue weighted by Gasteiger charge is 2.52. The first-order valence-corrected chi connectivity index (χ1v) is 12.9. The van der Waals surface area contributed by atoms with Gasteiger partial charge in [-0.15, -0.1) is 0 Å². The van der Waals surface area contributed by atoms with E-state index in [4.69, 9.17) is 14.1 Å². The zero-order valence-corrected chi connectivity index (χ0v) is 19.5. The zero-order chi connectivity index (χ0) is 22.4. The minimum absolute atomic E-state index is 0.0652. The van der Waals surface area contributed by atoms with Crippen LogP contribution in [0.25, 0.3) is 0 Å². The molecule has 0 aromatic heterocycles. The quantitative estimate of drug-likeness (QED) is 0.540. The second-order valence-corrected chi connectivity index (χ2v) is 10.6. The molecule has 3 unspecified atom stereocenters. The number of aryl methyl sites for hydroxylation is 2. The van der Waals surface area contributed by atoms with Gasteiger partial charge in [0.1, 0.15) is 5.75 Å². The first kappa shape index (κ1) is 22.3. The van der Waals surface area contributed by atoms with E-state index in [9.17, 15) is 13.2 Å². The zero-order valence-electron chi connectivity index (χ0n) is 18.6. The van der Waals surface area contributed by atoms with E-state index in [0.29, 0.717) is 36.5 Å². The lowest BCUT2D eigenvalue weighted by Gasteiger charge is -2.49. The number of hydrogen-bond donors (Lipinski definition) is 1. The summed E-state index contributed by atoms with van der Waals surface area (Å²) in [5.41, 5.74) is 4.73. The maximum atomic E-state index is 12.1. The van der Waals surface area contributed by atoms with E-state index in [0.717, 1.165) is 44.1 Å². The van der Waals surface area contributed by atoms with Gasteiger partial charge in [0.25, 0.3) is 0 Å². The van der Waals surface area contributed by atoms with Gasteiger partial charge in [-0.05, 0) is 97.8 Å². The number of nitrogens with two attached hydrogens (primary N) is 1. The van der Waals surface area contributed by atoms with Crippen molar-refractivity contribution in [2.24, 2.45) is 22.4 Å². The summed E-state index contributed by atoms with van der Waals surface area (Å²) in [7, 11) is -4.04. The van der Waals surface area contributed by atoms with Gasteiger partial charge < -0.3 is 8.92 Å². The van der Waals surface area contributed by atoms with E-state index in [1.807, 2.05) is 19.9 Å². The summed E-state index contributed by atoms with van der Waals surface area (Å²) < 4.78 is 33.2. The van der Waals surface area contributed by atoms with Gasteiger partial charge in [0.05, 0.1) is 6.61 Å². The Morgan fingerprint density at radius 3 is 2.68 bits per heavy atom. The van der Waals surface area contributed by atoms with Gasteiger partial charge in [-0.3, -0.25) is 0 Å². The molecular formula is C24H33NO5S. The lowest BCUT2D eigenvalue weighted by atomic mass is 9.55. The Bertz CT molecular complexity index is 1020.